The Bertz CT molecular complexity index is 2560. The van der Waals surface area contributed by atoms with Crippen LogP contribution < -0.4 is 0 Å². The van der Waals surface area contributed by atoms with Crippen LogP contribution in [-0.2, 0) is 6.42 Å². The third-order valence-corrected chi connectivity index (χ3v) is 10.1. The molecule has 0 aliphatic rings. The third-order valence-electron chi connectivity index (χ3n) is 8.41. The Balaban J connectivity index is 1.09. The van der Waals surface area contributed by atoms with Crippen molar-refractivity contribution in [3.63, 3.8) is 0 Å². The molecule has 0 saturated carbocycles. The number of nitrogens with zero attached hydrogens (tertiary/aromatic N) is 8. The SMILES string of the molecule is Cc1coc2c(-c3nnc(/N=C/c4ccc([N+](=O)[O-])cc4)s3)cc(Cc3cc(-c4nnc(/N=C/c5ccc([N+](=O)[O-])cc5)s4)c4occ(C)c4c3)cc12. The van der Waals surface area contributed by atoms with Crippen molar-refractivity contribution in [2.45, 2.75) is 20.3 Å². The fraction of sp³-hybridized carbons (Fsp3) is 0.0811. The van der Waals surface area contributed by atoms with Gasteiger partial charge in [-0.05, 0) is 102 Å². The van der Waals surface area contributed by atoms with Gasteiger partial charge in [0.1, 0.15) is 11.2 Å². The minimum Gasteiger partial charge on any atom is -0.463 e. The van der Waals surface area contributed by atoms with Gasteiger partial charge in [-0.15, -0.1) is 20.4 Å². The molecule has 0 spiro atoms. The highest BCUT2D eigenvalue weighted by molar-refractivity contribution is 7.18. The van der Waals surface area contributed by atoms with E-state index in [1.54, 1.807) is 49.2 Å². The predicted molar refractivity (Wildman–Crippen MR) is 203 cm³/mol. The molecule has 0 amide bonds. The van der Waals surface area contributed by atoms with Gasteiger partial charge in [0.15, 0.2) is 10.0 Å². The number of non-ortho nitro benzene ring substituents is 2. The molecule has 53 heavy (non-hydrogen) atoms. The van der Waals surface area contributed by atoms with Crippen molar-refractivity contribution in [1.29, 1.82) is 0 Å². The standard InChI is InChI=1S/C37H24N8O6S2/c1-20-18-50-32-28(20)12-24(14-30(32)34-40-42-36(52-34)38-16-22-3-7-26(8-4-22)44(46)47)11-25-13-29-21(2)19-51-33(29)31(15-25)35-41-43-37(53-35)39-17-23-5-9-27(10-6-23)45(48)49/h3-10,12-19H,11H2,1-2H3/b38-16+,39-17+. The quantitative estimate of drug-likeness (QED) is 0.0741. The van der Waals surface area contributed by atoms with E-state index in [1.165, 1.54) is 46.9 Å². The van der Waals surface area contributed by atoms with Crippen LogP contribution in [0.25, 0.3) is 43.1 Å². The summed E-state index contributed by atoms with van der Waals surface area (Å²) in [7, 11) is 0. The van der Waals surface area contributed by atoms with Gasteiger partial charge in [-0.3, -0.25) is 20.2 Å². The predicted octanol–water partition coefficient (Wildman–Crippen LogP) is 9.74. The second kappa shape index (κ2) is 13.7. The fourth-order valence-corrected chi connectivity index (χ4v) is 7.18. The Hall–Kier alpha value is -6.78. The molecular formula is C37H24N8O6S2. The number of nitro benzene ring substituents is 2. The molecule has 14 nitrogen and oxygen atoms in total. The Kier molecular flexibility index (Phi) is 8.65. The highest BCUT2D eigenvalue weighted by Gasteiger charge is 2.19. The zero-order valence-electron chi connectivity index (χ0n) is 27.8. The Morgan fingerprint density at radius 3 is 1.45 bits per heavy atom. The van der Waals surface area contributed by atoms with Crippen molar-refractivity contribution in [2.75, 3.05) is 0 Å². The van der Waals surface area contributed by atoms with Gasteiger partial charge in [0, 0.05) is 47.5 Å². The van der Waals surface area contributed by atoms with Crippen molar-refractivity contribution in [2.24, 2.45) is 9.98 Å². The van der Waals surface area contributed by atoms with Crippen molar-refractivity contribution in [3.8, 4) is 21.1 Å². The molecule has 0 radical (unpaired) electrons. The topological polar surface area (TPSA) is 189 Å². The summed E-state index contributed by atoms with van der Waals surface area (Å²) >= 11 is 2.62. The number of hydrogen-bond acceptors (Lipinski definition) is 14. The second-order valence-corrected chi connectivity index (χ2v) is 14.0. The highest BCUT2D eigenvalue weighted by atomic mass is 32.1. The number of nitro groups is 2. The summed E-state index contributed by atoms with van der Waals surface area (Å²) in [6, 6.07) is 20.5. The molecule has 0 atom stereocenters. The average Bonchev–Trinajstić information content (AvgIpc) is 3.98. The van der Waals surface area contributed by atoms with E-state index in [9.17, 15) is 20.2 Å². The van der Waals surface area contributed by atoms with E-state index in [1.807, 2.05) is 13.8 Å². The van der Waals surface area contributed by atoms with Gasteiger partial charge in [-0.25, -0.2) is 9.98 Å². The van der Waals surface area contributed by atoms with Gasteiger partial charge in [0.25, 0.3) is 11.4 Å². The maximum Gasteiger partial charge on any atom is 0.269 e. The first-order chi connectivity index (χ1) is 25.7. The zero-order valence-corrected chi connectivity index (χ0v) is 29.4. The maximum absolute atomic E-state index is 11.0. The summed E-state index contributed by atoms with van der Waals surface area (Å²) < 4.78 is 12.0. The Morgan fingerprint density at radius 2 is 1.06 bits per heavy atom. The summed E-state index contributed by atoms with van der Waals surface area (Å²) in [5, 5.41) is 43.4. The van der Waals surface area contributed by atoms with Crippen LogP contribution in [0.3, 0.4) is 0 Å². The summed E-state index contributed by atoms with van der Waals surface area (Å²) in [5.74, 6) is 0. The molecular weight excluding hydrogens is 717 g/mol. The molecule has 0 fully saturated rings. The number of aryl methyl sites for hydroxylation is 2. The van der Waals surface area contributed by atoms with Gasteiger partial charge < -0.3 is 8.83 Å². The zero-order chi connectivity index (χ0) is 36.6. The van der Waals surface area contributed by atoms with Crippen LogP contribution in [0.4, 0.5) is 21.6 Å². The van der Waals surface area contributed by atoms with Gasteiger partial charge >= 0.3 is 0 Å². The molecule has 0 saturated heterocycles. The summed E-state index contributed by atoms with van der Waals surface area (Å²) in [5.41, 5.74) is 8.42. The molecule has 4 aromatic carbocycles. The van der Waals surface area contributed by atoms with Crippen LogP contribution >= 0.6 is 22.7 Å². The lowest BCUT2D eigenvalue weighted by Gasteiger charge is -2.08. The van der Waals surface area contributed by atoms with Gasteiger partial charge in [-0.1, -0.05) is 22.7 Å². The first-order valence-corrected chi connectivity index (χ1v) is 17.6. The van der Waals surface area contributed by atoms with Crippen LogP contribution in [0.1, 0.15) is 33.4 Å². The van der Waals surface area contributed by atoms with Gasteiger partial charge in [0.2, 0.25) is 10.3 Å². The smallest absolute Gasteiger partial charge is 0.269 e. The number of fused-ring (bicyclic) bond motifs is 2. The second-order valence-electron chi connectivity index (χ2n) is 12.0. The minimum atomic E-state index is -0.446. The summed E-state index contributed by atoms with van der Waals surface area (Å²) in [6.45, 7) is 3.99. The number of benzene rings is 4. The number of aliphatic imine (C=N–C) groups is 2. The molecule has 8 aromatic rings. The van der Waals surface area contributed by atoms with Gasteiger partial charge in [0.05, 0.1) is 33.5 Å². The summed E-state index contributed by atoms with van der Waals surface area (Å²) in [6.07, 6.45) is 7.21. The molecule has 4 heterocycles. The van der Waals surface area contributed by atoms with Crippen LogP contribution in [0, 0.1) is 34.1 Å². The van der Waals surface area contributed by atoms with Crippen LogP contribution in [0.5, 0.6) is 0 Å². The third kappa shape index (κ3) is 6.83. The lowest BCUT2D eigenvalue weighted by molar-refractivity contribution is -0.385. The lowest BCUT2D eigenvalue weighted by atomic mass is 9.97. The number of rotatable bonds is 10. The maximum atomic E-state index is 11.0. The molecule has 0 bridgehead atoms. The molecule has 0 N–H and O–H groups in total. The first-order valence-electron chi connectivity index (χ1n) is 15.9. The van der Waals surface area contributed by atoms with E-state index < -0.39 is 9.85 Å². The van der Waals surface area contributed by atoms with Crippen LogP contribution in [0.2, 0.25) is 0 Å². The van der Waals surface area contributed by atoms with Crippen LogP contribution in [0.15, 0.2) is 104 Å². The minimum absolute atomic E-state index is 0.00636. The average molecular weight is 741 g/mol. The van der Waals surface area contributed by atoms with Crippen molar-refractivity contribution in [1.82, 2.24) is 20.4 Å². The van der Waals surface area contributed by atoms with Crippen LogP contribution in [-0.4, -0.2) is 42.7 Å². The van der Waals surface area contributed by atoms with E-state index in [-0.39, 0.29) is 11.4 Å². The normalized spacial score (nSPS) is 11.8. The molecule has 4 aromatic heterocycles. The van der Waals surface area contributed by atoms with Gasteiger partial charge in [-0.2, -0.15) is 0 Å². The van der Waals surface area contributed by atoms with E-state index in [0.717, 1.165) is 44.2 Å². The first kappa shape index (κ1) is 33.4. The number of aromatic nitrogens is 4. The fourth-order valence-electron chi connectivity index (χ4n) is 5.77. The van der Waals surface area contributed by atoms with Crippen molar-refractivity contribution in [3.05, 3.63) is 139 Å². The lowest BCUT2D eigenvalue weighted by Crippen LogP contribution is -1.92. The molecule has 0 aliphatic carbocycles. The highest BCUT2D eigenvalue weighted by Crippen LogP contribution is 2.39. The Labute approximate surface area is 307 Å². The van der Waals surface area contributed by atoms with E-state index in [2.05, 4.69) is 54.6 Å². The molecule has 8 rings (SSSR count). The number of furan rings is 2. The largest absolute Gasteiger partial charge is 0.463 e. The van der Waals surface area contributed by atoms with E-state index >= 15 is 0 Å². The molecule has 0 unspecified atom stereocenters. The van der Waals surface area contributed by atoms with E-state index in [0.29, 0.717) is 49.0 Å². The molecule has 260 valence electrons. The number of hydrogen-bond donors (Lipinski definition) is 0. The van der Waals surface area contributed by atoms with Crippen molar-refractivity contribution < 1.29 is 18.7 Å². The Morgan fingerprint density at radius 1 is 0.642 bits per heavy atom. The van der Waals surface area contributed by atoms with Crippen molar-refractivity contribution >= 4 is 78.7 Å². The monoisotopic (exact) mass is 740 g/mol. The van der Waals surface area contributed by atoms with E-state index in [4.69, 9.17) is 8.83 Å². The molecule has 0 aliphatic heterocycles. The summed E-state index contributed by atoms with van der Waals surface area (Å²) in [4.78, 5) is 30.0. The molecule has 16 heteroatoms.